The molecule has 0 radical (unpaired) electrons. The molecule has 0 spiro atoms. The van der Waals surface area contributed by atoms with E-state index in [0.29, 0.717) is 16.8 Å². The van der Waals surface area contributed by atoms with Crippen LogP contribution in [0.5, 0.6) is 0 Å². The van der Waals surface area contributed by atoms with Crippen LogP contribution in [0.1, 0.15) is 38.3 Å². The Hall–Kier alpha value is -3.73. The molecule has 1 aliphatic heterocycles. The zero-order valence-electron chi connectivity index (χ0n) is 15.6. The average molecular weight is 382 g/mol. The largest absolute Gasteiger partial charge is 0.326 e. The third-order valence-electron chi connectivity index (χ3n) is 5.52. The van der Waals surface area contributed by atoms with Gasteiger partial charge in [0.15, 0.2) is 0 Å². The second-order valence-electron chi connectivity index (χ2n) is 7.31. The average Bonchev–Trinajstić information content (AvgIpc) is 3.22. The van der Waals surface area contributed by atoms with Crippen LogP contribution < -0.4 is 5.32 Å². The van der Waals surface area contributed by atoms with E-state index in [2.05, 4.69) is 17.4 Å². The molecule has 2 aliphatic rings. The molecule has 3 aromatic rings. The molecule has 0 unspecified atom stereocenters. The van der Waals surface area contributed by atoms with Gasteiger partial charge in [-0.15, -0.1) is 0 Å². The van der Waals surface area contributed by atoms with Crippen LogP contribution in [0.25, 0.3) is 11.1 Å². The summed E-state index contributed by atoms with van der Waals surface area (Å²) in [7, 11) is 0. The van der Waals surface area contributed by atoms with Gasteiger partial charge >= 0.3 is 0 Å². The van der Waals surface area contributed by atoms with E-state index in [-0.39, 0.29) is 30.7 Å². The fourth-order valence-electron chi connectivity index (χ4n) is 4.08. The van der Waals surface area contributed by atoms with Crippen molar-refractivity contribution in [2.75, 3.05) is 11.9 Å². The van der Waals surface area contributed by atoms with Gasteiger partial charge in [0, 0.05) is 18.7 Å². The van der Waals surface area contributed by atoms with Crippen molar-refractivity contribution in [2.45, 2.75) is 12.8 Å². The van der Waals surface area contributed by atoms with Gasteiger partial charge < -0.3 is 5.32 Å². The zero-order valence-corrected chi connectivity index (χ0v) is 15.6. The molecule has 142 valence electrons. The quantitative estimate of drug-likeness (QED) is 0.545. The van der Waals surface area contributed by atoms with Crippen molar-refractivity contribution in [3.05, 3.63) is 89.0 Å². The van der Waals surface area contributed by atoms with Crippen molar-refractivity contribution in [1.82, 2.24) is 4.90 Å². The molecule has 0 fully saturated rings. The second-order valence-corrected chi connectivity index (χ2v) is 7.31. The number of nitrogens with one attached hydrogen (secondary N) is 1. The van der Waals surface area contributed by atoms with Gasteiger partial charge in [-0.1, -0.05) is 42.5 Å². The van der Waals surface area contributed by atoms with E-state index >= 15 is 0 Å². The molecule has 5 nitrogen and oxygen atoms in total. The standard InChI is InChI=1S/C24H18N2O3/c27-22(11-12-26-23(28)19-7-3-4-8-20(19)24(26)29)25-17-10-9-16-13-15-5-1-2-6-18(15)21(16)14-17/h1-10,14H,11-13H2,(H,25,27). The summed E-state index contributed by atoms with van der Waals surface area (Å²) in [6.07, 6.45) is 0.957. The van der Waals surface area contributed by atoms with E-state index in [1.54, 1.807) is 24.3 Å². The number of carbonyl (C=O) groups is 3. The minimum atomic E-state index is -0.340. The van der Waals surface area contributed by atoms with Crippen molar-refractivity contribution < 1.29 is 14.4 Å². The first-order chi connectivity index (χ1) is 14.1. The Morgan fingerprint density at radius 2 is 1.41 bits per heavy atom. The highest BCUT2D eigenvalue weighted by molar-refractivity contribution is 6.21. The van der Waals surface area contributed by atoms with Crippen LogP contribution in [0.4, 0.5) is 5.69 Å². The predicted molar refractivity (Wildman–Crippen MR) is 110 cm³/mol. The lowest BCUT2D eigenvalue weighted by Crippen LogP contribution is -2.32. The van der Waals surface area contributed by atoms with Crippen LogP contribution >= 0.6 is 0 Å². The molecular formula is C24H18N2O3. The van der Waals surface area contributed by atoms with Gasteiger partial charge in [0.05, 0.1) is 11.1 Å². The second kappa shape index (κ2) is 6.71. The number of hydrogen-bond acceptors (Lipinski definition) is 3. The van der Waals surface area contributed by atoms with Crippen LogP contribution in [0.3, 0.4) is 0 Å². The Morgan fingerprint density at radius 3 is 2.14 bits per heavy atom. The van der Waals surface area contributed by atoms with Gasteiger partial charge in [-0.3, -0.25) is 19.3 Å². The fraction of sp³-hybridized carbons (Fsp3) is 0.125. The SMILES string of the molecule is O=C(CCN1C(=O)c2ccccc2C1=O)Nc1ccc2c(c1)-c1ccccc1C2. The highest BCUT2D eigenvalue weighted by Gasteiger charge is 2.35. The molecule has 5 rings (SSSR count). The first kappa shape index (κ1) is 17.4. The van der Waals surface area contributed by atoms with Crippen LogP contribution in [-0.2, 0) is 11.2 Å². The third kappa shape index (κ3) is 2.91. The third-order valence-corrected chi connectivity index (χ3v) is 5.52. The summed E-state index contributed by atoms with van der Waals surface area (Å²) in [5.74, 6) is -0.909. The summed E-state index contributed by atoms with van der Waals surface area (Å²) in [6, 6.07) is 20.9. The molecule has 0 atom stereocenters. The number of nitrogens with zero attached hydrogens (tertiary/aromatic N) is 1. The van der Waals surface area contributed by atoms with Gasteiger partial charge in [0.1, 0.15) is 0 Å². The first-order valence-corrected chi connectivity index (χ1v) is 9.58. The Balaban J connectivity index is 1.26. The van der Waals surface area contributed by atoms with Crippen molar-refractivity contribution in [1.29, 1.82) is 0 Å². The van der Waals surface area contributed by atoms with E-state index in [1.165, 1.54) is 16.7 Å². The van der Waals surface area contributed by atoms with Crippen molar-refractivity contribution >= 4 is 23.4 Å². The predicted octanol–water partition coefficient (Wildman–Crippen LogP) is 3.88. The van der Waals surface area contributed by atoms with E-state index in [4.69, 9.17) is 0 Å². The van der Waals surface area contributed by atoms with Crippen LogP contribution in [0, 0.1) is 0 Å². The molecule has 0 saturated carbocycles. The van der Waals surface area contributed by atoms with E-state index < -0.39 is 0 Å². The highest BCUT2D eigenvalue weighted by Crippen LogP contribution is 2.37. The minimum absolute atomic E-state index is 0.0547. The molecule has 0 aromatic heterocycles. The lowest BCUT2D eigenvalue weighted by atomic mass is 10.1. The molecule has 1 aliphatic carbocycles. The van der Waals surface area contributed by atoms with Crippen molar-refractivity contribution in [3.63, 3.8) is 0 Å². The summed E-state index contributed by atoms with van der Waals surface area (Å²) >= 11 is 0. The summed E-state index contributed by atoms with van der Waals surface area (Å²) in [5, 5.41) is 2.89. The van der Waals surface area contributed by atoms with Gasteiger partial charge in [-0.2, -0.15) is 0 Å². The monoisotopic (exact) mass is 382 g/mol. The van der Waals surface area contributed by atoms with Gasteiger partial charge in [-0.25, -0.2) is 0 Å². The zero-order chi connectivity index (χ0) is 20.0. The Labute approximate surface area is 168 Å². The molecular weight excluding hydrogens is 364 g/mol. The van der Waals surface area contributed by atoms with Crippen molar-refractivity contribution in [2.24, 2.45) is 0 Å². The van der Waals surface area contributed by atoms with Gasteiger partial charge in [-0.05, 0) is 52.9 Å². The number of rotatable bonds is 4. The molecule has 5 heteroatoms. The Bertz CT molecular complexity index is 1150. The lowest BCUT2D eigenvalue weighted by Gasteiger charge is -2.14. The maximum atomic E-state index is 12.4. The van der Waals surface area contributed by atoms with Crippen LogP contribution in [0.15, 0.2) is 66.7 Å². The summed E-state index contributed by atoms with van der Waals surface area (Å²) in [4.78, 5) is 38.4. The normalized spacial score (nSPS) is 13.9. The van der Waals surface area contributed by atoms with Gasteiger partial charge in [0.2, 0.25) is 5.91 Å². The van der Waals surface area contributed by atoms with E-state index in [0.717, 1.165) is 16.9 Å². The summed E-state index contributed by atoms with van der Waals surface area (Å²) < 4.78 is 0. The minimum Gasteiger partial charge on any atom is -0.326 e. The molecule has 3 aromatic carbocycles. The number of hydrogen-bond donors (Lipinski definition) is 1. The smallest absolute Gasteiger partial charge is 0.261 e. The topological polar surface area (TPSA) is 66.5 Å². The number of carbonyl (C=O) groups excluding carboxylic acids is 3. The molecule has 1 heterocycles. The highest BCUT2D eigenvalue weighted by atomic mass is 16.2. The fourth-order valence-corrected chi connectivity index (χ4v) is 4.08. The maximum Gasteiger partial charge on any atom is 0.261 e. The van der Waals surface area contributed by atoms with E-state index in [1.807, 2.05) is 30.3 Å². The number of benzene rings is 3. The number of amides is 3. The lowest BCUT2D eigenvalue weighted by molar-refractivity contribution is -0.116. The molecule has 29 heavy (non-hydrogen) atoms. The van der Waals surface area contributed by atoms with Crippen LogP contribution in [-0.4, -0.2) is 29.2 Å². The maximum absolute atomic E-state index is 12.4. The molecule has 3 amide bonds. The summed E-state index contributed by atoms with van der Waals surface area (Å²) in [6.45, 7) is 0.0615. The molecule has 1 N–H and O–H groups in total. The van der Waals surface area contributed by atoms with Gasteiger partial charge in [0.25, 0.3) is 11.8 Å². The van der Waals surface area contributed by atoms with Crippen molar-refractivity contribution in [3.8, 4) is 11.1 Å². The van der Waals surface area contributed by atoms with E-state index in [9.17, 15) is 14.4 Å². The number of anilines is 1. The van der Waals surface area contributed by atoms with Crippen LogP contribution in [0.2, 0.25) is 0 Å². The molecule has 0 bridgehead atoms. The number of imide groups is 1. The molecule has 0 saturated heterocycles. The summed E-state index contributed by atoms with van der Waals surface area (Å²) in [5.41, 5.74) is 6.38. The Kier molecular flexibility index (Phi) is 4.02. The Morgan fingerprint density at radius 1 is 0.793 bits per heavy atom. The number of fused-ring (bicyclic) bond motifs is 4. The first-order valence-electron chi connectivity index (χ1n) is 9.58.